The lowest BCUT2D eigenvalue weighted by atomic mass is 10.0. The summed E-state index contributed by atoms with van der Waals surface area (Å²) in [5.41, 5.74) is 2.76. The summed E-state index contributed by atoms with van der Waals surface area (Å²) in [6.45, 7) is 1.11. The molecule has 4 rings (SSSR count). The van der Waals surface area contributed by atoms with Crippen molar-refractivity contribution in [3.8, 4) is 16.9 Å². The number of benzene rings is 1. The molecule has 0 fully saturated rings. The number of halogens is 2. The van der Waals surface area contributed by atoms with Crippen LogP contribution >= 0.6 is 0 Å². The van der Waals surface area contributed by atoms with Crippen molar-refractivity contribution in [1.29, 1.82) is 0 Å². The molecule has 0 aliphatic carbocycles. The summed E-state index contributed by atoms with van der Waals surface area (Å²) >= 11 is 0. The molecular formula is C21H15F2N3O3. The first kappa shape index (κ1) is 18.5. The Balaban J connectivity index is 1.71. The first-order chi connectivity index (χ1) is 14.0. The van der Waals surface area contributed by atoms with Crippen molar-refractivity contribution in [2.24, 2.45) is 0 Å². The second kappa shape index (κ2) is 7.67. The van der Waals surface area contributed by atoms with Crippen molar-refractivity contribution < 1.29 is 23.4 Å². The SMILES string of the molecule is CC(=O)OOc1ccc(F)c(Cc2c[nH]c3ncc(-c4cccnc4)cc23)c1F. The van der Waals surface area contributed by atoms with Gasteiger partial charge in [-0.25, -0.2) is 18.6 Å². The number of hydrogen-bond donors (Lipinski definition) is 1. The highest BCUT2D eigenvalue weighted by molar-refractivity contribution is 5.84. The Morgan fingerprint density at radius 3 is 2.79 bits per heavy atom. The number of carbonyl (C=O) groups excluding carboxylic acids is 1. The molecule has 0 unspecified atom stereocenters. The summed E-state index contributed by atoms with van der Waals surface area (Å²) in [5, 5.41) is 0.733. The summed E-state index contributed by atoms with van der Waals surface area (Å²) in [6.07, 6.45) is 6.70. The Hall–Kier alpha value is -3.81. The van der Waals surface area contributed by atoms with Gasteiger partial charge >= 0.3 is 5.97 Å². The van der Waals surface area contributed by atoms with Gasteiger partial charge in [-0.05, 0) is 29.8 Å². The summed E-state index contributed by atoms with van der Waals surface area (Å²) in [6, 6.07) is 7.73. The zero-order valence-electron chi connectivity index (χ0n) is 15.3. The molecule has 29 heavy (non-hydrogen) atoms. The molecule has 0 saturated heterocycles. The summed E-state index contributed by atoms with van der Waals surface area (Å²) < 4.78 is 29.1. The highest BCUT2D eigenvalue weighted by Gasteiger charge is 2.19. The minimum atomic E-state index is -0.933. The van der Waals surface area contributed by atoms with Crippen LogP contribution in [0, 0.1) is 11.6 Å². The normalized spacial score (nSPS) is 10.9. The van der Waals surface area contributed by atoms with Gasteiger partial charge in [0.05, 0.1) is 0 Å². The summed E-state index contributed by atoms with van der Waals surface area (Å²) in [5.74, 6) is -2.79. The zero-order chi connectivity index (χ0) is 20.4. The number of pyridine rings is 2. The van der Waals surface area contributed by atoms with Gasteiger partial charge in [-0.2, -0.15) is 0 Å². The molecule has 0 spiro atoms. The third-order valence-corrected chi connectivity index (χ3v) is 4.38. The highest BCUT2D eigenvalue weighted by Crippen LogP contribution is 2.29. The molecule has 1 aromatic carbocycles. The molecule has 0 atom stereocenters. The number of fused-ring (bicyclic) bond motifs is 1. The van der Waals surface area contributed by atoms with Crippen LogP contribution in [0.15, 0.2) is 55.1 Å². The van der Waals surface area contributed by atoms with Crippen LogP contribution in [-0.2, 0) is 16.1 Å². The third kappa shape index (κ3) is 3.77. The van der Waals surface area contributed by atoms with E-state index in [1.807, 2.05) is 18.2 Å². The number of hydrogen-bond acceptors (Lipinski definition) is 5. The number of rotatable bonds is 5. The van der Waals surface area contributed by atoms with E-state index in [1.165, 1.54) is 0 Å². The van der Waals surface area contributed by atoms with E-state index in [9.17, 15) is 13.6 Å². The average molecular weight is 395 g/mol. The van der Waals surface area contributed by atoms with Crippen LogP contribution in [0.4, 0.5) is 8.78 Å². The fourth-order valence-corrected chi connectivity index (χ4v) is 2.99. The average Bonchev–Trinajstić information content (AvgIpc) is 3.13. The predicted molar refractivity (Wildman–Crippen MR) is 101 cm³/mol. The highest BCUT2D eigenvalue weighted by atomic mass is 19.1. The Kier molecular flexibility index (Phi) is 4.90. The quantitative estimate of drug-likeness (QED) is 0.402. The van der Waals surface area contributed by atoms with Gasteiger partial charge in [-0.15, -0.1) is 0 Å². The second-order valence-electron chi connectivity index (χ2n) is 6.35. The summed E-state index contributed by atoms with van der Waals surface area (Å²) in [7, 11) is 0. The maximum Gasteiger partial charge on any atom is 0.352 e. The van der Waals surface area contributed by atoms with E-state index in [-0.39, 0.29) is 17.7 Å². The van der Waals surface area contributed by atoms with Crippen molar-refractivity contribution in [1.82, 2.24) is 15.0 Å². The largest absolute Gasteiger partial charge is 0.352 e. The fourth-order valence-electron chi connectivity index (χ4n) is 2.99. The number of aromatic nitrogens is 3. The van der Waals surface area contributed by atoms with Crippen LogP contribution in [0.1, 0.15) is 18.1 Å². The first-order valence-corrected chi connectivity index (χ1v) is 8.71. The first-order valence-electron chi connectivity index (χ1n) is 8.71. The lowest BCUT2D eigenvalue weighted by Gasteiger charge is -2.09. The van der Waals surface area contributed by atoms with Crippen molar-refractivity contribution in [2.45, 2.75) is 13.3 Å². The molecule has 4 aromatic rings. The molecule has 0 saturated carbocycles. The lowest BCUT2D eigenvalue weighted by Crippen LogP contribution is -2.06. The van der Waals surface area contributed by atoms with Crippen molar-refractivity contribution in [3.05, 3.63) is 77.9 Å². The van der Waals surface area contributed by atoms with E-state index in [4.69, 9.17) is 0 Å². The van der Waals surface area contributed by atoms with Gasteiger partial charge in [0, 0.05) is 60.2 Å². The molecule has 3 aromatic heterocycles. The van der Waals surface area contributed by atoms with Gasteiger partial charge < -0.3 is 4.98 Å². The Labute approximate surface area is 164 Å². The molecule has 3 heterocycles. The van der Waals surface area contributed by atoms with E-state index < -0.39 is 17.6 Å². The van der Waals surface area contributed by atoms with Gasteiger partial charge in [-0.1, -0.05) is 6.07 Å². The minimum absolute atomic E-state index is 0.0485. The molecular weight excluding hydrogens is 380 g/mol. The third-order valence-electron chi connectivity index (χ3n) is 4.38. The van der Waals surface area contributed by atoms with E-state index in [0.717, 1.165) is 35.6 Å². The maximum absolute atomic E-state index is 14.7. The number of carbonyl (C=O) groups is 1. The van der Waals surface area contributed by atoms with Crippen LogP contribution < -0.4 is 4.89 Å². The molecule has 0 radical (unpaired) electrons. The lowest BCUT2D eigenvalue weighted by molar-refractivity contribution is -0.211. The molecule has 0 aliphatic heterocycles. The van der Waals surface area contributed by atoms with Crippen LogP contribution in [-0.4, -0.2) is 20.9 Å². The summed E-state index contributed by atoms with van der Waals surface area (Å²) in [4.78, 5) is 31.4. The monoisotopic (exact) mass is 395 g/mol. The topological polar surface area (TPSA) is 77.1 Å². The zero-order valence-corrected chi connectivity index (χ0v) is 15.3. The van der Waals surface area contributed by atoms with E-state index in [1.54, 1.807) is 24.8 Å². The molecule has 0 amide bonds. The molecule has 0 bridgehead atoms. The standard InChI is InChI=1S/C21H15F2N3O3/c1-12(27)28-29-19-5-4-18(22)17(20(19)23)8-15-11-26-21-16(15)7-14(10-25-21)13-3-2-6-24-9-13/h2-7,9-11H,8H2,1H3,(H,25,26). The van der Waals surface area contributed by atoms with Crippen LogP contribution in [0.2, 0.25) is 0 Å². The van der Waals surface area contributed by atoms with E-state index in [0.29, 0.717) is 11.2 Å². The molecule has 8 heteroatoms. The number of H-pyrrole nitrogens is 1. The van der Waals surface area contributed by atoms with Gasteiger partial charge in [0.25, 0.3) is 0 Å². The van der Waals surface area contributed by atoms with E-state index in [2.05, 4.69) is 24.7 Å². The number of nitrogens with zero attached hydrogens (tertiary/aromatic N) is 2. The van der Waals surface area contributed by atoms with Gasteiger partial charge in [0.2, 0.25) is 5.75 Å². The smallest absolute Gasteiger partial charge is 0.346 e. The van der Waals surface area contributed by atoms with Crippen molar-refractivity contribution in [2.75, 3.05) is 0 Å². The molecule has 1 N–H and O–H groups in total. The van der Waals surface area contributed by atoms with Crippen molar-refractivity contribution >= 4 is 17.0 Å². The Bertz CT molecular complexity index is 1190. The molecule has 146 valence electrons. The Morgan fingerprint density at radius 2 is 2.03 bits per heavy atom. The minimum Gasteiger partial charge on any atom is -0.346 e. The fraction of sp³-hybridized carbons (Fsp3) is 0.0952. The van der Waals surface area contributed by atoms with Gasteiger partial charge in [0.1, 0.15) is 11.5 Å². The predicted octanol–water partition coefficient (Wildman–Crippen LogP) is 4.35. The number of aromatic amines is 1. The van der Waals surface area contributed by atoms with Gasteiger partial charge in [-0.3, -0.25) is 14.8 Å². The Morgan fingerprint density at radius 1 is 1.17 bits per heavy atom. The van der Waals surface area contributed by atoms with Crippen molar-refractivity contribution in [3.63, 3.8) is 0 Å². The second-order valence-corrected chi connectivity index (χ2v) is 6.35. The number of nitrogens with one attached hydrogen (secondary N) is 1. The van der Waals surface area contributed by atoms with Gasteiger partial charge in [0.15, 0.2) is 5.82 Å². The molecule has 0 aliphatic rings. The van der Waals surface area contributed by atoms with Crippen LogP contribution in [0.3, 0.4) is 0 Å². The van der Waals surface area contributed by atoms with Crippen LogP contribution in [0.5, 0.6) is 5.75 Å². The van der Waals surface area contributed by atoms with Crippen LogP contribution in [0.25, 0.3) is 22.2 Å². The molecule has 6 nitrogen and oxygen atoms in total. The van der Waals surface area contributed by atoms with E-state index >= 15 is 0 Å². The maximum atomic E-state index is 14.7.